The molecular weight excluding hydrogens is 302 g/mol. The van der Waals surface area contributed by atoms with Crippen LogP contribution in [0.3, 0.4) is 0 Å². The van der Waals surface area contributed by atoms with E-state index >= 15 is 0 Å². The molecule has 1 unspecified atom stereocenters. The van der Waals surface area contributed by atoms with Crippen LogP contribution in [0.15, 0.2) is 48.5 Å². The van der Waals surface area contributed by atoms with Gasteiger partial charge in [-0.25, -0.2) is 0 Å². The molecule has 1 heterocycles. The Morgan fingerprint density at radius 3 is 2.54 bits per heavy atom. The van der Waals surface area contributed by atoms with Crippen molar-refractivity contribution >= 4 is 5.91 Å². The molecule has 1 aliphatic carbocycles. The van der Waals surface area contributed by atoms with Gasteiger partial charge in [-0.15, -0.1) is 0 Å². The van der Waals surface area contributed by atoms with Gasteiger partial charge < -0.3 is 14.4 Å². The quantitative estimate of drug-likeness (QED) is 0.868. The molecule has 1 aliphatic heterocycles. The number of hydrogen-bond acceptors (Lipinski definition) is 3. The Kier molecular flexibility index (Phi) is 3.89. The summed E-state index contributed by atoms with van der Waals surface area (Å²) in [6.07, 6.45) is 1.97. The standard InChI is InChI=1S/C20H21NO3/c1-23-18-8-4-5-9-19(18)24-15-12-21(13-15)20(22)17-11-10-14-6-2-3-7-16(14)17/h2-9,15,17H,10-13H2,1H3. The lowest BCUT2D eigenvalue weighted by Gasteiger charge is -2.40. The maximum Gasteiger partial charge on any atom is 0.230 e. The third kappa shape index (κ3) is 2.62. The molecule has 0 bridgehead atoms. The maximum atomic E-state index is 12.8. The molecule has 1 atom stereocenters. The number of rotatable bonds is 4. The number of fused-ring (bicyclic) bond motifs is 1. The average Bonchev–Trinajstić information content (AvgIpc) is 3.01. The number of carbonyl (C=O) groups is 1. The molecule has 124 valence electrons. The first-order valence-electron chi connectivity index (χ1n) is 8.42. The van der Waals surface area contributed by atoms with Crippen LogP contribution in [0, 0.1) is 0 Å². The summed E-state index contributed by atoms with van der Waals surface area (Å²) in [4.78, 5) is 14.7. The molecule has 4 heteroatoms. The second-order valence-corrected chi connectivity index (χ2v) is 6.42. The summed E-state index contributed by atoms with van der Waals surface area (Å²) < 4.78 is 11.3. The Morgan fingerprint density at radius 2 is 1.75 bits per heavy atom. The van der Waals surface area contributed by atoms with Crippen molar-refractivity contribution in [1.82, 2.24) is 4.90 Å². The minimum Gasteiger partial charge on any atom is -0.493 e. The van der Waals surface area contributed by atoms with Gasteiger partial charge in [0.1, 0.15) is 6.10 Å². The largest absolute Gasteiger partial charge is 0.493 e. The Morgan fingerprint density at radius 1 is 1.04 bits per heavy atom. The van der Waals surface area contributed by atoms with Gasteiger partial charge in [-0.2, -0.15) is 0 Å². The number of likely N-dealkylation sites (tertiary alicyclic amines) is 1. The molecule has 2 aromatic carbocycles. The summed E-state index contributed by atoms with van der Waals surface area (Å²) in [5.74, 6) is 1.73. The number of benzene rings is 2. The number of hydrogen-bond donors (Lipinski definition) is 0. The third-order valence-corrected chi connectivity index (χ3v) is 4.95. The first kappa shape index (κ1) is 15.1. The summed E-state index contributed by atoms with van der Waals surface area (Å²) in [5.41, 5.74) is 2.52. The number of aryl methyl sites for hydroxylation is 1. The number of nitrogens with zero attached hydrogens (tertiary/aromatic N) is 1. The van der Waals surface area contributed by atoms with E-state index < -0.39 is 0 Å². The molecule has 4 nitrogen and oxygen atoms in total. The Hall–Kier alpha value is -2.49. The molecule has 1 amide bonds. The summed E-state index contributed by atoms with van der Waals surface area (Å²) in [7, 11) is 1.64. The number of carbonyl (C=O) groups excluding carboxylic acids is 1. The highest BCUT2D eigenvalue weighted by molar-refractivity contribution is 5.85. The second-order valence-electron chi connectivity index (χ2n) is 6.42. The summed E-state index contributed by atoms with van der Waals surface area (Å²) in [5, 5.41) is 0. The molecule has 1 saturated heterocycles. The van der Waals surface area contributed by atoms with Crippen LogP contribution in [0.5, 0.6) is 11.5 Å². The van der Waals surface area contributed by atoms with Gasteiger partial charge in [0.05, 0.1) is 26.1 Å². The zero-order valence-electron chi connectivity index (χ0n) is 13.8. The summed E-state index contributed by atoms with van der Waals surface area (Å²) in [6.45, 7) is 1.30. The van der Waals surface area contributed by atoms with Crippen molar-refractivity contribution in [3.63, 3.8) is 0 Å². The summed E-state index contributed by atoms with van der Waals surface area (Å²) in [6, 6.07) is 15.9. The van der Waals surface area contributed by atoms with E-state index in [1.54, 1.807) is 7.11 Å². The number of amides is 1. The molecule has 0 radical (unpaired) electrons. The zero-order valence-corrected chi connectivity index (χ0v) is 13.8. The number of ether oxygens (including phenoxy) is 2. The van der Waals surface area contributed by atoms with E-state index in [2.05, 4.69) is 12.1 Å². The lowest BCUT2D eigenvalue weighted by atomic mass is 9.97. The van der Waals surface area contributed by atoms with E-state index in [0.717, 1.165) is 24.3 Å². The van der Waals surface area contributed by atoms with Crippen molar-refractivity contribution < 1.29 is 14.3 Å². The van der Waals surface area contributed by atoms with E-state index in [0.29, 0.717) is 13.1 Å². The third-order valence-electron chi connectivity index (χ3n) is 4.95. The van der Waals surface area contributed by atoms with E-state index in [1.165, 1.54) is 11.1 Å². The Balaban J connectivity index is 1.37. The summed E-state index contributed by atoms with van der Waals surface area (Å²) >= 11 is 0. The van der Waals surface area contributed by atoms with Crippen molar-refractivity contribution in [2.45, 2.75) is 24.9 Å². The minimum absolute atomic E-state index is 0.0217. The van der Waals surface area contributed by atoms with E-state index in [1.807, 2.05) is 41.3 Å². The fraction of sp³-hybridized carbons (Fsp3) is 0.350. The van der Waals surface area contributed by atoms with Gasteiger partial charge >= 0.3 is 0 Å². The fourth-order valence-electron chi connectivity index (χ4n) is 3.62. The lowest BCUT2D eigenvalue weighted by molar-refractivity contribution is -0.141. The highest BCUT2D eigenvalue weighted by Gasteiger charge is 2.38. The molecule has 24 heavy (non-hydrogen) atoms. The zero-order chi connectivity index (χ0) is 16.5. The van der Waals surface area contributed by atoms with Crippen molar-refractivity contribution in [1.29, 1.82) is 0 Å². The van der Waals surface area contributed by atoms with Gasteiger partial charge in [0.2, 0.25) is 5.91 Å². The van der Waals surface area contributed by atoms with Gasteiger partial charge in [0.15, 0.2) is 11.5 Å². The van der Waals surface area contributed by atoms with E-state index in [-0.39, 0.29) is 17.9 Å². The lowest BCUT2D eigenvalue weighted by Crippen LogP contribution is -2.57. The van der Waals surface area contributed by atoms with Gasteiger partial charge in [-0.3, -0.25) is 4.79 Å². The van der Waals surface area contributed by atoms with Crippen LogP contribution in [0.25, 0.3) is 0 Å². The van der Waals surface area contributed by atoms with E-state index in [9.17, 15) is 4.79 Å². The molecule has 2 aliphatic rings. The predicted molar refractivity (Wildman–Crippen MR) is 91.5 cm³/mol. The highest BCUT2D eigenvalue weighted by atomic mass is 16.5. The maximum absolute atomic E-state index is 12.8. The SMILES string of the molecule is COc1ccccc1OC1CN(C(=O)C2CCc3ccccc32)C1. The molecular formula is C20H21NO3. The van der Waals surface area contributed by atoms with Crippen LogP contribution in [0.1, 0.15) is 23.5 Å². The van der Waals surface area contributed by atoms with Crippen molar-refractivity contribution in [3.05, 3.63) is 59.7 Å². The molecule has 4 rings (SSSR count). The van der Waals surface area contributed by atoms with Crippen LogP contribution in [0.4, 0.5) is 0 Å². The normalized spacial score (nSPS) is 19.5. The average molecular weight is 323 g/mol. The molecule has 2 aromatic rings. The fourth-order valence-corrected chi connectivity index (χ4v) is 3.62. The highest BCUT2D eigenvalue weighted by Crippen LogP contribution is 2.36. The van der Waals surface area contributed by atoms with Crippen LogP contribution in [0.2, 0.25) is 0 Å². The van der Waals surface area contributed by atoms with Crippen molar-refractivity contribution in [2.24, 2.45) is 0 Å². The molecule has 0 N–H and O–H groups in total. The molecule has 0 aromatic heterocycles. The van der Waals surface area contributed by atoms with Gasteiger partial charge in [-0.05, 0) is 36.1 Å². The Labute approximate surface area is 142 Å². The Bertz CT molecular complexity index is 752. The van der Waals surface area contributed by atoms with Gasteiger partial charge in [0.25, 0.3) is 0 Å². The number of para-hydroxylation sites is 2. The molecule has 0 spiro atoms. The van der Waals surface area contributed by atoms with Crippen LogP contribution in [-0.2, 0) is 11.2 Å². The van der Waals surface area contributed by atoms with Crippen LogP contribution in [-0.4, -0.2) is 37.1 Å². The minimum atomic E-state index is 0.0217. The molecule has 1 fully saturated rings. The van der Waals surface area contributed by atoms with Gasteiger partial charge in [-0.1, -0.05) is 36.4 Å². The monoisotopic (exact) mass is 323 g/mol. The molecule has 0 saturated carbocycles. The van der Waals surface area contributed by atoms with Gasteiger partial charge in [0, 0.05) is 0 Å². The number of methoxy groups -OCH3 is 1. The van der Waals surface area contributed by atoms with Crippen LogP contribution >= 0.6 is 0 Å². The predicted octanol–water partition coefficient (Wildman–Crippen LogP) is 3.01. The second kappa shape index (κ2) is 6.19. The van der Waals surface area contributed by atoms with Crippen molar-refractivity contribution in [2.75, 3.05) is 20.2 Å². The van der Waals surface area contributed by atoms with E-state index in [4.69, 9.17) is 9.47 Å². The van der Waals surface area contributed by atoms with Crippen molar-refractivity contribution in [3.8, 4) is 11.5 Å². The topological polar surface area (TPSA) is 38.8 Å². The first-order chi connectivity index (χ1) is 11.8. The smallest absolute Gasteiger partial charge is 0.230 e. The van der Waals surface area contributed by atoms with Crippen LogP contribution < -0.4 is 9.47 Å². The first-order valence-corrected chi connectivity index (χ1v) is 8.42.